The lowest BCUT2D eigenvalue weighted by Crippen LogP contribution is -2.54. The molecule has 0 saturated heterocycles. The number of rotatable bonds is 3. The van der Waals surface area contributed by atoms with Crippen LogP contribution in [-0.2, 0) is 6.54 Å². The van der Waals surface area contributed by atoms with E-state index in [2.05, 4.69) is 24.4 Å². The number of nitrogens with two attached hydrogens (primary N) is 1. The second-order valence-corrected chi connectivity index (χ2v) is 7.47. The van der Waals surface area contributed by atoms with E-state index in [1.54, 1.807) is 0 Å². The lowest BCUT2D eigenvalue weighted by Gasteiger charge is -2.54. The van der Waals surface area contributed by atoms with Gasteiger partial charge in [-0.1, -0.05) is 12.1 Å². The van der Waals surface area contributed by atoms with Gasteiger partial charge in [0, 0.05) is 18.3 Å². The monoisotopic (exact) mass is 270 g/mol. The minimum Gasteiger partial charge on any atom is -0.399 e. The summed E-state index contributed by atoms with van der Waals surface area (Å²) in [4.78, 5) is 0. The van der Waals surface area contributed by atoms with Crippen molar-refractivity contribution < 1.29 is 0 Å². The second-order valence-electron chi connectivity index (χ2n) is 7.47. The fourth-order valence-corrected chi connectivity index (χ4v) is 5.38. The molecule has 1 aromatic rings. The normalized spacial score (nSPS) is 38.4. The maximum absolute atomic E-state index is 6.02. The van der Waals surface area contributed by atoms with E-state index in [0.29, 0.717) is 0 Å². The first kappa shape index (κ1) is 12.7. The van der Waals surface area contributed by atoms with Crippen molar-refractivity contribution in [3.8, 4) is 0 Å². The highest BCUT2D eigenvalue weighted by molar-refractivity contribution is 5.49. The van der Waals surface area contributed by atoms with Gasteiger partial charge >= 0.3 is 0 Å². The number of nitrogens with one attached hydrogen (secondary N) is 1. The van der Waals surface area contributed by atoms with E-state index in [-0.39, 0.29) is 0 Å². The summed E-state index contributed by atoms with van der Waals surface area (Å²) in [6, 6.07) is 7.07. The molecule has 4 aliphatic carbocycles. The van der Waals surface area contributed by atoms with Crippen LogP contribution < -0.4 is 11.1 Å². The Kier molecular flexibility index (Phi) is 3.03. The van der Waals surface area contributed by atoms with Crippen molar-refractivity contribution in [1.82, 2.24) is 5.32 Å². The molecule has 0 atom stereocenters. The van der Waals surface area contributed by atoms with Gasteiger partial charge in [-0.05, 0) is 79.9 Å². The summed E-state index contributed by atoms with van der Waals surface area (Å²) in [5, 5.41) is 3.89. The third-order valence-corrected chi connectivity index (χ3v) is 6.24. The summed E-state index contributed by atoms with van der Waals surface area (Å²) < 4.78 is 0. The van der Waals surface area contributed by atoms with Gasteiger partial charge in [0.05, 0.1) is 0 Å². The molecule has 0 amide bonds. The van der Waals surface area contributed by atoms with Crippen LogP contribution in [-0.4, -0.2) is 6.04 Å². The third-order valence-electron chi connectivity index (χ3n) is 6.24. The maximum atomic E-state index is 6.02. The van der Waals surface area contributed by atoms with Gasteiger partial charge in [-0.15, -0.1) is 0 Å². The van der Waals surface area contributed by atoms with Crippen molar-refractivity contribution in [2.45, 2.75) is 51.6 Å². The summed E-state index contributed by atoms with van der Waals surface area (Å²) in [5.74, 6) is 4.02. The van der Waals surface area contributed by atoms with Crippen LogP contribution in [0.15, 0.2) is 18.2 Å². The smallest absolute Gasteiger partial charge is 0.0346 e. The SMILES string of the molecule is Cc1c(N)cccc1CNC1C2CC3CC(C2)CC1C3. The molecule has 0 heterocycles. The summed E-state index contributed by atoms with van der Waals surface area (Å²) in [7, 11) is 0. The zero-order valence-corrected chi connectivity index (χ0v) is 12.4. The molecule has 4 saturated carbocycles. The number of hydrogen-bond donors (Lipinski definition) is 2. The molecule has 20 heavy (non-hydrogen) atoms. The fourth-order valence-electron chi connectivity index (χ4n) is 5.38. The second kappa shape index (κ2) is 4.77. The van der Waals surface area contributed by atoms with E-state index in [1.165, 1.54) is 43.2 Å². The lowest BCUT2D eigenvalue weighted by atomic mass is 9.54. The molecule has 0 radical (unpaired) electrons. The lowest BCUT2D eigenvalue weighted by molar-refractivity contribution is -0.0142. The minimum absolute atomic E-state index is 0.767. The van der Waals surface area contributed by atoms with Gasteiger partial charge in [0.15, 0.2) is 0 Å². The van der Waals surface area contributed by atoms with Crippen molar-refractivity contribution in [3.05, 3.63) is 29.3 Å². The Morgan fingerprint density at radius 1 is 1.05 bits per heavy atom. The molecule has 4 fully saturated rings. The Morgan fingerprint density at radius 3 is 2.35 bits per heavy atom. The molecule has 1 aromatic carbocycles. The van der Waals surface area contributed by atoms with E-state index in [9.17, 15) is 0 Å². The van der Waals surface area contributed by atoms with Crippen molar-refractivity contribution in [3.63, 3.8) is 0 Å². The van der Waals surface area contributed by atoms with Crippen LogP contribution in [0.3, 0.4) is 0 Å². The van der Waals surface area contributed by atoms with Gasteiger partial charge in [0.2, 0.25) is 0 Å². The molecule has 2 heteroatoms. The predicted molar refractivity (Wildman–Crippen MR) is 83.3 cm³/mol. The van der Waals surface area contributed by atoms with E-state index >= 15 is 0 Å². The summed E-state index contributed by atoms with van der Waals surface area (Å²) >= 11 is 0. The van der Waals surface area contributed by atoms with E-state index in [4.69, 9.17) is 5.73 Å². The molecule has 5 rings (SSSR count). The van der Waals surface area contributed by atoms with Crippen LogP contribution in [0.2, 0.25) is 0 Å². The molecule has 2 nitrogen and oxygen atoms in total. The first-order valence-electron chi connectivity index (χ1n) is 8.28. The fraction of sp³-hybridized carbons (Fsp3) is 0.667. The molecule has 0 aliphatic heterocycles. The van der Waals surface area contributed by atoms with Crippen LogP contribution >= 0.6 is 0 Å². The van der Waals surface area contributed by atoms with Gasteiger partial charge < -0.3 is 11.1 Å². The molecule has 4 bridgehead atoms. The van der Waals surface area contributed by atoms with E-state index < -0.39 is 0 Å². The van der Waals surface area contributed by atoms with E-state index in [0.717, 1.165) is 41.9 Å². The number of nitrogen functional groups attached to an aromatic ring is 1. The van der Waals surface area contributed by atoms with Gasteiger partial charge in [-0.25, -0.2) is 0 Å². The average molecular weight is 270 g/mol. The van der Waals surface area contributed by atoms with Crippen LogP contribution in [0, 0.1) is 30.6 Å². The quantitative estimate of drug-likeness (QED) is 0.825. The van der Waals surface area contributed by atoms with Gasteiger partial charge in [0.25, 0.3) is 0 Å². The zero-order chi connectivity index (χ0) is 13.7. The first-order valence-corrected chi connectivity index (χ1v) is 8.28. The van der Waals surface area contributed by atoms with Crippen molar-refractivity contribution in [2.24, 2.45) is 23.7 Å². The molecule has 3 N–H and O–H groups in total. The Labute approximate surface area is 122 Å². The minimum atomic E-state index is 0.767. The topological polar surface area (TPSA) is 38.0 Å². The van der Waals surface area contributed by atoms with Gasteiger partial charge in [0.1, 0.15) is 0 Å². The first-order chi connectivity index (χ1) is 9.70. The van der Waals surface area contributed by atoms with Gasteiger partial charge in [-0.2, -0.15) is 0 Å². The molecule has 0 aromatic heterocycles. The Bertz CT molecular complexity index is 480. The van der Waals surface area contributed by atoms with Crippen molar-refractivity contribution in [2.75, 3.05) is 5.73 Å². The summed E-state index contributed by atoms with van der Waals surface area (Å²) in [5.41, 5.74) is 9.57. The Morgan fingerprint density at radius 2 is 1.70 bits per heavy atom. The number of hydrogen-bond acceptors (Lipinski definition) is 2. The summed E-state index contributed by atoms with van der Waals surface area (Å²) in [6.45, 7) is 3.13. The van der Waals surface area contributed by atoms with E-state index in [1.807, 2.05) is 6.07 Å². The Balaban J connectivity index is 1.46. The largest absolute Gasteiger partial charge is 0.399 e. The van der Waals surface area contributed by atoms with Gasteiger partial charge in [-0.3, -0.25) is 0 Å². The third kappa shape index (κ3) is 2.05. The van der Waals surface area contributed by atoms with Crippen LogP contribution in [0.5, 0.6) is 0 Å². The predicted octanol–water partition coefficient (Wildman–Crippen LogP) is 3.49. The maximum Gasteiger partial charge on any atom is 0.0346 e. The molecular formula is C18H26N2. The van der Waals surface area contributed by atoms with Crippen molar-refractivity contribution >= 4 is 5.69 Å². The highest BCUT2D eigenvalue weighted by Gasteiger charge is 2.47. The van der Waals surface area contributed by atoms with Crippen LogP contribution in [0.4, 0.5) is 5.69 Å². The standard InChI is InChI=1S/C18H26N2/c1-11-14(3-2-4-17(11)19)10-20-18-15-6-12-5-13(8-15)9-16(18)7-12/h2-4,12-13,15-16,18,20H,5-10,19H2,1H3. The molecule has 4 aliphatic rings. The average Bonchev–Trinajstić information content (AvgIpc) is 2.41. The highest BCUT2D eigenvalue weighted by atomic mass is 14.9. The molecule has 0 spiro atoms. The molecular weight excluding hydrogens is 244 g/mol. The zero-order valence-electron chi connectivity index (χ0n) is 12.4. The summed E-state index contributed by atoms with van der Waals surface area (Å²) in [6.07, 6.45) is 7.48. The van der Waals surface area contributed by atoms with Crippen LogP contribution in [0.1, 0.15) is 43.2 Å². The molecule has 108 valence electrons. The van der Waals surface area contributed by atoms with Crippen LogP contribution in [0.25, 0.3) is 0 Å². The molecule has 0 unspecified atom stereocenters. The highest BCUT2D eigenvalue weighted by Crippen LogP contribution is 2.53. The van der Waals surface area contributed by atoms with Crippen molar-refractivity contribution in [1.29, 1.82) is 0 Å². The number of benzene rings is 1. The number of anilines is 1. The Hall–Kier alpha value is -1.02.